The molecule has 0 aliphatic carbocycles. The van der Waals surface area contributed by atoms with Gasteiger partial charge in [-0.1, -0.05) is 5.16 Å². The van der Waals surface area contributed by atoms with Gasteiger partial charge in [0.25, 0.3) is 0 Å². The summed E-state index contributed by atoms with van der Waals surface area (Å²) in [5.41, 5.74) is 5.30. The molecule has 7 heteroatoms. The molecule has 0 amide bonds. The molecule has 2 N–H and O–H groups in total. The summed E-state index contributed by atoms with van der Waals surface area (Å²) < 4.78 is 9.61. The molecule has 0 saturated heterocycles. The Labute approximate surface area is 77.2 Å². The van der Waals surface area contributed by atoms with E-state index in [9.17, 15) is 10.1 Å². The predicted octanol–water partition coefficient (Wildman–Crippen LogP) is 1.42. The minimum Gasteiger partial charge on any atom is -0.397 e. The SMILES string of the molecule is Nc1cc(-c2ccc([N+](=O)[O-])o2)on1. The van der Waals surface area contributed by atoms with Crippen molar-refractivity contribution in [1.29, 1.82) is 0 Å². The molecule has 0 unspecified atom stereocenters. The molecule has 72 valence electrons. The molecule has 2 aromatic rings. The Kier molecular flexibility index (Phi) is 1.70. The molecule has 0 fully saturated rings. The van der Waals surface area contributed by atoms with Gasteiger partial charge in [0.05, 0.1) is 6.07 Å². The highest BCUT2D eigenvalue weighted by Gasteiger charge is 2.15. The summed E-state index contributed by atoms with van der Waals surface area (Å²) in [7, 11) is 0. The van der Waals surface area contributed by atoms with E-state index in [1.807, 2.05) is 0 Å². The van der Waals surface area contributed by atoms with Crippen molar-refractivity contribution >= 4 is 11.7 Å². The Morgan fingerprint density at radius 3 is 2.71 bits per heavy atom. The first-order chi connectivity index (χ1) is 6.66. The highest BCUT2D eigenvalue weighted by atomic mass is 16.6. The first-order valence-electron chi connectivity index (χ1n) is 3.63. The maximum atomic E-state index is 10.3. The number of hydrogen-bond donors (Lipinski definition) is 1. The Balaban J connectivity index is 2.38. The van der Waals surface area contributed by atoms with Crippen LogP contribution in [0.3, 0.4) is 0 Å². The molecule has 7 nitrogen and oxygen atoms in total. The van der Waals surface area contributed by atoms with Crippen molar-refractivity contribution in [2.24, 2.45) is 0 Å². The van der Waals surface area contributed by atoms with Gasteiger partial charge in [-0.05, 0) is 6.07 Å². The lowest BCUT2D eigenvalue weighted by Crippen LogP contribution is -1.82. The van der Waals surface area contributed by atoms with E-state index in [-0.39, 0.29) is 23.2 Å². The third kappa shape index (κ3) is 1.30. The van der Waals surface area contributed by atoms with Gasteiger partial charge in [0, 0.05) is 6.07 Å². The van der Waals surface area contributed by atoms with E-state index in [4.69, 9.17) is 14.7 Å². The Morgan fingerprint density at radius 2 is 2.21 bits per heavy atom. The van der Waals surface area contributed by atoms with Gasteiger partial charge in [-0.25, -0.2) is 0 Å². The zero-order chi connectivity index (χ0) is 10.1. The van der Waals surface area contributed by atoms with Crippen LogP contribution in [-0.2, 0) is 0 Å². The van der Waals surface area contributed by atoms with Gasteiger partial charge >= 0.3 is 5.88 Å². The number of nitro groups is 1. The zero-order valence-electron chi connectivity index (χ0n) is 6.84. The smallest absolute Gasteiger partial charge is 0.397 e. The van der Waals surface area contributed by atoms with E-state index in [0.717, 1.165) is 0 Å². The quantitative estimate of drug-likeness (QED) is 0.573. The Bertz CT molecular complexity index is 473. The number of furan rings is 1. The van der Waals surface area contributed by atoms with Gasteiger partial charge < -0.3 is 14.7 Å². The van der Waals surface area contributed by atoms with Crippen molar-refractivity contribution < 1.29 is 13.9 Å². The average molecular weight is 195 g/mol. The standard InChI is InChI=1S/C7H5N3O4/c8-6-3-5(14-9-6)4-1-2-7(13-4)10(11)12/h1-3H,(H2,8,9). The first-order valence-corrected chi connectivity index (χ1v) is 3.63. The van der Waals surface area contributed by atoms with Crippen molar-refractivity contribution in [3.05, 3.63) is 28.3 Å². The molecule has 0 atom stereocenters. The van der Waals surface area contributed by atoms with Crippen LogP contribution in [-0.4, -0.2) is 10.1 Å². The van der Waals surface area contributed by atoms with Crippen LogP contribution in [0.25, 0.3) is 11.5 Å². The molecule has 0 aliphatic rings. The van der Waals surface area contributed by atoms with Gasteiger partial charge in [-0.15, -0.1) is 0 Å². The van der Waals surface area contributed by atoms with E-state index in [1.54, 1.807) is 0 Å². The van der Waals surface area contributed by atoms with Crippen LogP contribution in [0.4, 0.5) is 11.7 Å². The number of nitrogens with zero attached hydrogens (tertiary/aromatic N) is 2. The monoisotopic (exact) mass is 195 g/mol. The van der Waals surface area contributed by atoms with Gasteiger partial charge in [0.15, 0.2) is 11.6 Å². The number of nitrogen functional groups attached to an aromatic ring is 1. The third-order valence-corrected chi connectivity index (χ3v) is 1.54. The number of anilines is 1. The Morgan fingerprint density at radius 1 is 1.43 bits per heavy atom. The highest BCUT2D eigenvalue weighted by molar-refractivity contribution is 5.54. The molecule has 0 saturated carbocycles. The number of hydrogen-bond acceptors (Lipinski definition) is 6. The second-order valence-electron chi connectivity index (χ2n) is 2.51. The van der Waals surface area contributed by atoms with Crippen molar-refractivity contribution in [2.45, 2.75) is 0 Å². The lowest BCUT2D eigenvalue weighted by molar-refractivity contribution is -0.401. The maximum Gasteiger partial charge on any atom is 0.433 e. The third-order valence-electron chi connectivity index (χ3n) is 1.54. The largest absolute Gasteiger partial charge is 0.433 e. The van der Waals surface area contributed by atoms with Crippen molar-refractivity contribution in [3.63, 3.8) is 0 Å². The van der Waals surface area contributed by atoms with E-state index >= 15 is 0 Å². The first kappa shape index (κ1) is 8.30. The lowest BCUT2D eigenvalue weighted by atomic mass is 10.3. The van der Waals surface area contributed by atoms with Gasteiger partial charge in [-0.3, -0.25) is 10.1 Å². The molecule has 0 aromatic carbocycles. The van der Waals surface area contributed by atoms with Crippen LogP contribution in [0.5, 0.6) is 0 Å². The minimum absolute atomic E-state index is 0.194. The van der Waals surface area contributed by atoms with Crippen LogP contribution in [0.15, 0.2) is 27.1 Å². The fourth-order valence-electron chi connectivity index (χ4n) is 0.963. The van der Waals surface area contributed by atoms with Crippen LogP contribution in [0.2, 0.25) is 0 Å². The normalized spacial score (nSPS) is 10.3. The molecule has 14 heavy (non-hydrogen) atoms. The van der Waals surface area contributed by atoms with Crippen LogP contribution in [0, 0.1) is 10.1 Å². The fraction of sp³-hybridized carbons (Fsp3) is 0. The molecule has 2 rings (SSSR count). The molecule has 2 heterocycles. The lowest BCUT2D eigenvalue weighted by Gasteiger charge is -1.84. The molecular formula is C7H5N3O4. The van der Waals surface area contributed by atoms with Crippen molar-refractivity contribution in [1.82, 2.24) is 5.16 Å². The van der Waals surface area contributed by atoms with Crippen LogP contribution >= 0.6 is 0 Å². The molecule has 0 aliphatic heterocycles. The summed E-state index contributed by atoms with van der Waals surface area (Å²) in [6.07, 6.45) is 0. The maximum absolute atomic E-state index is 10.3. The molecule has 2 aromatic heterocycles. The zero-order valence-corrected chi connectivity index (χ0v) is 6.84. The number of rotatable bonds is 2. The van der Waals surface area contributed by atoms with Gasteiger partial charge in [0.1, 0.15) is 4.92 Å². The average Bonchev–Trinajstić information content (AvgIpc) is 2.70. The summed E-state index contributed by atoms with van der Waals surface area (Å²) in [4.78, 5) is 9.66. The molecule has 0 bridgehead atoms. The second kappa shape index (κ2) is 2.87. The fourth-order valence-corrected chi connectivity index (χ4v) is 0.963. The molecule has 0 spiro atoms. The van der Waals surface area contributed by atoms with Gasteiger partial charge in [0.2, 0.25) is 5.76 Å². The van der Waals surface area contributed by atoms with E-state index < -0.39 is 4.92 Å². The summed E-state index contributed by atoms with van der Waals surface area (Å²) in [5, 5.41) is 13.7. The topological polar surface area (TPSA) is 108 Å². The van der Waals surface area contributed by atoms with E-state index in [1.165, 1.54) is 18.2 Å². The molecular weight excluding hydrogens is 190 g/mol. The minimum atomic E-state index is -0.636. The predicted molar refractivity (Wildman–Crippen MR) is 45.3 cm³/mol. The van der Waals surface area contributed by atoms with Crippen LogP contribution in [0.1, 0.15) is 0 Å². The van der Waals surface area contributed by atoms with Crippen molar-refractivity contribution in [3.8, 4) is 11.5 Å². The highest BCUT2D eigenvalue weighted by Crippen LogP contribution is 2.26. The summed E-state index contributed by atoms with van der Waals surface area (Å²) in [6, 6.07) is 4.06. The van der Waals surface area contributed by atoms with Crippen molar-refractivity contribution in [2.75, 3.05) is 5.73 Å². The van der Waals surface area contributed by atoms with E-state index in [0.29, 0.717) is 0 Å². The second-order valence-corrected chi connectivity index (χ2v) is 2.51. The van der Waals surface area contributed by atoms with Gasteiger partial charge in [-0.2, -0.15) is 0 Å². The van der Waals surface area contributed by atoms with Crippen LogP contribution < -0.4 is 5.73 Å². The number of aromatic nitrogens is 1. The summed E-state index contributed by atoms with van der Waals surface area (Å²) in [5.74, 6) is 0.325. The summed E-state index contributed by atoms with van der Waals surface area (Å²) in [6.45, 7) is 0. The number of nitrogens with two attached hydrogens (primary N) is 1. The molecule has 0 radical (unpaired) electrons. The summed E-state index contributed by atoms with van der Waals surface area (Å²) >= 11 is 0. The Hall–Kier alpha value is -2.31. The van der Waals surface area contributed by atoms with E-state index in [2.05, 4.69) is 5.16 Å².